The predicted octanol–water partition coefficient (Wildman–Crippen LogP) is 3.33. The zero-order chi connectivity index (χ0) is 13.4. The van der Waals surface area contributed by atoms with Crippen LogP contribution in [0.2, 0.25) is 0 Å². The molecule has 1 aliphatic rings. The van der Waals surface area contributed by atoms with E-state index in [0.717, 1.165) is 35.6 Å². The van der Waals surface area contributed by atoms with Crippen molar-refractivity contribution >= 4 is 5.82 Å². The Labute approximate surface area is 111 Å². The molecular weight excluding hydrogens is 241 g/mol. The maximum absolute atomic E-state index is 13.2. The maximum Gasteiger partial charge on any atom is 0.148 e. The minimum atomic E-state index is -0.161. The Kier molecular flexibility index (Phi) is 2.93. The van der Waals surface area contributed by atoms with Crippen LogP contribution in [0.1, 0.15) is 35.0 Å². The number of rotatable bonds is 2. The monoisotopic (exact) mass is 257 g/mol. The molecule has 19 heavy (non-hydrogen) atoms. The summed E-state index contributed by atoms with van der Waals surface area (Å²) in [5.74, 6) is 0.660. The molecule has 2 aromatic rings. The molecule has 0 fully saturated rings. The van der Waals surface area contributed by atoms with Gasteiger partial charge >= 0.3 is 0 Å². The Bertz CT molecular complexity index is 625. The van der Waals surface area contributed by atoms with E-state index in [1.54, 1.807) is 12.3 Å². The van der Waals surface area contributed by atoms with Crippen molar-refractivity contribution in [3.8, 4) is 0 Å². The van der Waals surface area contributed by atoms with E-state index in [1.165, 1.54) is 11.6 Å². The van der Waals surface area contributed by atoms with Gasteiger partial charge in [-0.05, 0) is 49.9 Å². The lowest BCUT2D eigenvalue weighted by atomic mass is 10.1. The van der Waals surface area contributed by atoms with Crippen LogP contribution in [0.5, 0.6) is 0 Å². The average Bonchev–Trinajstić information content (AvgIpc) is 2.76. The Morgan fingerprint density at radius 1 is 1.32 bits per heavy atom. The Balaban J connectivity index is 1.88. The van der Waals surface area contributed by atoms with Crippen molar-refractivity contribution in [2.75, 3.05) is 5.32 Å². The number of fused-ring (bicyclic) bond motifs is 1. The summed E-state index contributed by atoms with van der Waals surface area (Å²) in [6.07, 6.45) is 3.63. The first-order chi connectivity index (χ1) is 9.13. The molecule has 0 spiro atoms. The van der Waals surface area contributed by atoms with Gasteiger partial charge in [0, 0.05) is 6.20 Å². The second-order valence-corrected chi connectivity index (χ2v) is 5.02. The molecule has 0 amide bonds. The van der Waals surface area contributed by atoms with Gasteiger partial charge in [-0.15, -0.1) is 0 Å². The minimum absolute atomic E-state index is 0.161. The second kappa shape index (κ2) is 4.61. The number of halogens is 1. The van der Waals surface area contributed by atoms with E-state index in [9.17, 15) is 4.39 Å². The molecule has 0 aliphatic heterocycles. The van der Waals surface area contributed by atoms with Crippen molar-refractivity contribution in [2.24, 2.45) is 0 Å². The van der Waals surface area contributed by atoms with Crippen molar-refractivity contribution < 1.29 is 4.39 Å². The summed E-state index contributed by atoms with van der Waals surface area (Å²) in [6.45, 7) is 3.87. The molecule has 0 bridgehead atoms. The van der Waals surface area contributed by atoms with Crippen LogP contribution < -0.4 is 5.32 Å². The largest absolute Gasteiger partial charge is 0.362 e. The molecule has 1 heterocycles. The zero-order valence-electron chi connectivity index (χ0n) is 11.1. The van der Waals surface area contributed by atoms with Crippen molar-refractivity contribution in [1.29, 1.82) is 0 Å². The quantitative estimate of drug-likeness (QED) is 0.896. The van der Waals surface area contributed by atoms with Crippen LogP contribution in [0, 0.1) is 19.7 Å². The molecule has 3 rings (SSSR count). The van der Waals surface area contributed by atoms with E-state index in [-0.39, 0.29) is 11.9 Å². The maximum atomic E-state index is 13.2. The SMILES string of the molecule is Cc1cnc(C)c(NC2CCc3cc(F)ccc32)n1. The highest BCUT2D eigenvalue weighted by atomic mass is 19.1. The molecule has 0 saturated heterocycles. The van der Waals surface area contributed by atoms with Crippen molar-refractivity contribution in [2.45, 2.75) is 32.7 Å². The molecule has 98 valence electrons. The van der Waals surface area contributed by atoms with Crippen LogP contribution in [0.25, 0.3) is 0 Å². The number of anilines is 1. The molecule has 1 unspecified atom stereocenters. The lowest BCUT2D eigenvalue weighted by molar-refractivity contribution is 0.626. The number of aryl methyl sites for hydroxylation is 3. The lowest BCUT2D eigenvalue weighted by Gasteiger charge is -2.16. The number of hydrogen-bond acceptors (Lipinski definition) is 3. The third kappa shape index (κ3) is 2.30. The molecular formula is C15H16FN3. The van der Waals surface area contributed by atoms with Crippen LogP contribution in [0.4, 0.5) is 10.2 Å². The van der Waals surface area contributed by atoms with Gasteiger partial charge in [-0.25, -0.2) is 9.37 Å². The lowest BCUT2D eigenvalue weighted by Crippen LogP contribution is -2.11. The third-order valence-corrected chi connectivity index (χ3v) is 3.57. The first kappa shape index (κ1) is 12.1. The van der Waals surface area contributed by atoms with E-state index in [4.69, 9.17) is 0 Å². The van der Waals surface area contributed by atoms with Crippen molar-refractivity contribution in [1.82, 2.24) is 9.97 Å². The molecule has 1 N–H and O–H groups in total. The Morgan fingerprint density at radius 2 is 2.16 bits per heavy atom. The van der Waals surface area contributed by atoms with Gasteiger partial charge in [-0.3, -0.25) is 4.98 Å². The van der Waals surface area contributed by atoms with Gasteiger partial charge in [0.15, 0.2) is 0 Å². The average molecular weight is 257 g/mol. The van der Waals surface area contributed by atoms with Crippen LogP contribution in [0.3, 0.4) is 0 Å². The predicted molar refractivity (Wildman–Crippen MR) is 72.6 cm³/mol. The molecule has 0 radical (unpaired) electrons. The van der Waals surface area contributed by atoms with E-state index >= 15 is 0 Å². The number of benzene rings is 1. The standard InChI is InChI=1S/C15H16FN3/c1-9-8-17-10(2)15(18-9)19-14-6-3-11-7-12(16)4-5-13(11)14/h4-5,7-8,14H,3,6H2,1-2H3,(H,18,19). The van der Waals surface area contributed by atoms with Crippen LogP contribution in [-0.2, 0) is 6.42 Å². The van der Waals surface area contributed by atoms with Crippen molar-refractivity contribution in [3.05, 3.63) is 52.7 Å². The highest BCUT2D eigenvalue weighted by Gasteiger charge is 2.23. The van der Waals surface area contributed by atoms with E-state index < -0.39 is 0 Å². The van der Waals surface area contributed by atoms with Crippen LogP contribution in [0.15, 0.2) is 24.4 Å². The van der Waals surface area contributed by atoms with E-state index in [0.29, 0.717) is 0 Å². The van der Waals surface area contributed by atoms with E-state index in [2.05, 4.69) is 15.3 Å². The molecule has 1 aliphatic carbocycles. The molecule has 1 aromatic heterocycles. The zero-order valence-corrected chi connectivity index (χ0v) is 11.1. The van der Waals surface area contributed by atoms with Crippen molar-refractivity contribution in [3.63, 3.8) is 0 Å². The fraction of sp³-hybridized carbons (Fsp3) is 0.333. The van der Waals surface area contributed by atoms with Gasteiger partial charge in [0.1, 0.15) is 11.6 Å². The van der Waals surface area contributed by atoms with Gasteiger partial charge in [0.05, 0.1) is 17.4 Å². The summed E-state index contributed by atoms with van der Waals surface area (Å²) in [7, 11) is 0. The molecule has 1 atom stereocenters. The molecule has 3 nitrogen and oxygen atoms in total. The summed E-state index contributed by atoms with van der Waals surface area (Å²) in [6, 6.07) is 5.22. The highest BCUT2D eigenvalue weighted by molar-refractivity contribution is 5.46. The van der Waals surface area contributed by atoms with Crippen LogP contribution in [-0.4, -0.2) is 9.97 Å². The van der Waals surface area contributed by atoms with Crippen LogP contribution >= 0.6 is 0 Å². The summed E-state index contributed by atoms with van der Waals surface area (Å²) in [5.41, 5.74) is 4.05. The molecule has 0 saturated carbocycles. The Morgan fingerprint density at radius 3 is 3.00 bits per heavy atom. The molecule has 1 aromatic carbocycles. The van der Waals surface area contributed by atoms with Gasteiger partial charge in [-0.2, -0.15) is 0 Å². The molecule has 4 heteroatoms. The van der Waals surface area contributed by atoms with Gasteiger partial charge in [-0.1, -0.05) is 6.07 Å². The first-order valence-electron chi connectivity index (χ1n) is 6.48. The third-order valence-electron chi connectivity index (χ3n) is 3.57. The summed E-state index contributed by atoms with van der Waals surface area (Å²) in [4.78, 5) is 8.78. The first-order valence-corrected chi connectivity index (χ1v) is 6.48. The topological polar surface area (TPSA) is 37.8 Å². The summed E-state index contributed by atoms with van der Waals surface area (Å²) in [5, 5.41) is 3.43. The van der Waals surface area contributed by atoms with E-state index in [1.807, 2.05) is 19.9 Å². The fourth-order valence-corrected chi connectivity index (χ4v) is 2.58. The highest BCUT2D eigenvalue weighted by Crippen LogP contribution is 2.34. The number of aromatic nitrogens is 2. The smallest absolute Gasteiger partial charge is 0.148 e. The van der Waals surface area contributed by atoms with Gasteiger partial charge < -0.3 is 5.32 Å². The summed E-state index contributed by atoms with van der Waals surface area (Å²) < 4.78 is 13.2. The normalized spacial score (nSPS) is 17.3. The number of nitrogens with zero attached hydrogens (tertiary/aromatic N) is 2. The van der Waals surface area contributed by atoms with Gasteiger partial charge in [0.25, 0.3) is 0 Å². The second-order valence-electron chi connectivity index (χ2n) is 5.02. The Hall–Kier alpha value is -1.97. The number of hydrogen-bond donors (Lipinski definition) is 1. The minimum Gasteiger partial charge on any atom is -0.362 e. The van der Waals surface area contributed by atoms with Gasteiger partial charge in [0.2, 0.25) is 0 Å². The fourth-order valence-electron chi connectivity index (χ4n) is 2.58. The number of nitrogens with one attached hydrogen (secondary N) is 1. The summed E-state index contributed by atoms with van der Waals surface area (Å²) >= 11 is 0.